The second kappa shape index (κ2) is 25.3. The summed E-state index contributed by atoms with van der Waals surface area (Å²) in [5.74, 6) is 1.64. The van der Waals surface area contributed by atoms with Gasteiger partial charge < -0.3 is 18.9 Å². The van der Waals surface area contributed by atoms with Gasteiger partial charge in [0.2, 0.25) is 0 Å². The lowest BCUT2D eigenvalue weighted by Gasteiger charge is -2.27. The van der Waals surface area contributed by atoms with Crippen molar-refractivity contribution in [3.05, 3.63) is 0 Å². The Hall–Kier alpha value is -1.46. The molecule has 0 aliphatic heterocycles. The summed E-state index contributed by atoms with van der Waals surface area (Å²) in [5, 5.41) is 0. The Morgan fingerprint density at radius 3 is 1.05 bits per heavy atom. The molecule has 1 saturated carbocycles. The summed E-state index contributed by atoms with van der Waals surface area (Å²) < 4.78 is 21.4. The lowest BCUT2D eigenvalue weighted by molar-refractivity contribution is -0.0271. The topological polar surface area (TPSA) is 71.1 Å². The van der Waals surface area contributed by atoms with E-state index in [1.54, 1.807) is 0 Å². The molecular formula is C34H64O6. The summed E-state index contributed by atoms with van der Waals surface area (Å²) in [6.45, 7) is 10.0. The van der Waals surface area contributed by atoms with E-state index in [0.717, 1.165) is 37.5 Å². The summed E-state index contributed by atoms with van der Waals surface area (Å²) in [5.41, 5.74) is 0. The van der Waals surface area contributed by atoms with Crippen LogP contribution in [0.3, 0.4) is 0 Å². The SMILES string of the molecule is CC(C)CCCCCCCCCCOC(=O)OC1CCC(OC(=O)OCCCCCCCCCCC(C)C)CC1. The summed E-state index contributed by atoms with van der Waals surface area (Å²) in [7, 11) is 0. The van der Waals surface area contributed by atoms with Crippen LogP contribution in [0.5, 0.6) is 0 Å². The van der Waals surface area contributed by atoms with Crippen LogP contribution in [0.15, 0.2) is 0 Å². The Labute approximate surface area is 247 Å². The average molecular weight is 569 g/mol. The highest BCUT2D eigenvalue weighted by Crippen LogP contribution is 2.24. The maximum atomic E-state index is 12.0. The molecule has 0 aromatic carbocycles. The van der Waals surface area contributed by atoms with E-state index in [1.165, 1.54) is 89.9 Å². The third-order valence-electron chi connectivity index (χ3n) is 7.94. The van der Waals surface area contributed by atoms with E-state index >= 15 is 0 Å². The largest absolute Gasteiger partial charge is 0.508 e. The molecule has 0 heterocycles. The first-order valence-corrected chi connectivity index (χ1v) is 17.0. The molecule has 0 spiro atoms. The Morgan fingerprint density at radius 1 is 0.475 bits per heavy atom. The molecule has 0 saturated heterocycles. The molecule has 1 aliphatic rings. The number of unbranched alkanes of at least 4 members (excludes halogenated alkanes) is 14. The molecule has 1 fully saturated rings. The highest BCUT2D eigenvalue weighted by molar-refractivity contribution is 5.60. The quantitative estimate of drug-likeness (QED) is 0.0851. The number of carbonyl (C=O) groups is 2. The monoisotopic (exact) mass is 568 g/mol. The van der Waals surface area contributed by atoms with Gasteiger partial charge in [-0.25, -0.2) is 9.59 Å². The molecule has 0 aromatic heterocycles. The van der Waals surface area contributed by atoms with Crippen LogP contribution in [0.2, 0.25) is 0 Å². The lowest BCUT2D eigenvalue weighted by Crippen LogP contribution is -2.30. The summed E-state index contributed by atoms with van der Waals surface area (Å²) in [6, 6.07) is 0. The van der Waals surface area contributed by atoms with Crippen LogP contribution in [0, 0.1) is 11.8 Å². The number of hydrogen-bond donors (Lipinski definition) is 0. The van der Waals surface area contributed by atoms with E-state index < -0.39 is 12.3 Å². The van der Waals surface area contributed by atoms with Gasteiger partial charge in [0.1, 0.15) is 12.2 Å². The zero-order valence-corrected chi connectivity index (χ0v) is 26.7. The van der Waals surface area contributed by atoms with Crippen LogP contribution in [0.4, 0.5) is 9.59 Å². The van der Waals surface area contributed by atoms with E-state index in [1.807, 2.05) is 0 Å². The van der Waals surface area contributed by atoms with Crippen molar-refractivity contribution in [1.82, 2.24) is 0 Å². The summed E-state index contributed by atoms with van der Waals surface area (Å²) in [4.78, 5) is 24.0. The first-order chi connectivity index (χ1) is 19.4. The van der Waals surface area contributed by atoms with Gasteiger partial charge in [-0.2, -0.15) is 0 Å². The van der Waals surface area contributed by atoms with Crippen LogP contribution < -0.4 is 0 Å². The Morgan fingerprint density at radius 2 is 0.750 bits per heavy atom. The smallest absolute Gasteiger partial charge is 0.434 e. The molecule has 1 aliphatic carbocycles. The minimum absolute atomic E-state index is 0.158. The first-order valence-electron chi connectivity index (χ1n) is 17.0. The predicted molar refractivity (Wildman–Crippen MR) is 164 cm³/mol. The normalized spacial score (nSPS) is 17.2. The molecule has 0 atom stereocenters. The molecule has 40 heavy (non-hydrogen) atoms. The van der Waals surface area contributed by atoms with Crippen molar-refractivity contribution in [3.8, 4) is 0 Å². The second-order valence-corrected chi connectivity index (χ2v) is 12.9. The van der Waals surface area contributed by atoms with Crippen molar-refractivity contribution in [3.63, 3.8) is 0 Å². The van der Waals surface area contributed by atoms with Crippen molar-refractivity contribution in [2.45, 2.75) is 181 Å². The zero-order valence-electron chi connectivity index (χ0n) is 26.7. The third-order valence-corrected chi connectivity index (χ3v) is 7.94. The molecule has 1 rings (SSSR count). The number of carbonyl (C=O) groups excluding carboxylic acids is 2. The van der Waals surface area contributed by atoms with Crippen molar-refractivity contribution >= 4 is 12.3 Å². The second-order valence-electron chi connectivity index (χ2n) is 12.9. The molecule has 236 valence electrons. The summed E-state index contributed by atoms with van der Waals surface area (Å²) in [6.07, 6.45) is 23.6. The van der Waals surface area contributed by atoms with Gasteiger partial charge in [0, 0.05) is 0 Å². The van der Waals surface area contributed by atoms with E-state index in [-0.39, 0.29) is 12.2 Å². The molecular weight excluding hydrogens is 504 g/mol. The third kappa shape index (κ3) is 23.3. The molecule has 0 amide bonds. The van der Waals surface area contributed by atoms with E-state index in [2.05, 4.69) is 27.7 Å². The number of hydrogen-bond acceptors (Lipinski definition) is 6. The van der Waals surface area contributed by atoms with Crippen molar-refractivity contribution in [2.24, 2.45) is 11.8 Å². The number of rotatable bonds is 24. The predicted octanol–water partition coefficient (Wildman–Crippen LogP) is 10.9. The molecule has 0 aromatic rings. The highest BCUT2D eigenvalue weighted by atomic mass is 16.7. The van der Waals surface area contributed by atoms with Crippen LogP contribution in [0.1, 0.15) is 169 Å². The molecule has 0 radical (unpaired) electrons. The standard InChI is InChI=1S/C34H64O6/c1-29(2)21-17-13-9-5-7-11-15-19-27-37-33(35)39-31-23-25-32(26-24-31)40-34(36)38-28-20-16-12-8-6-10-14-18-22-30(3)4/h29-32H,5-28H2,1-4H3. The zero-order chi connectivity index (χ0) is 29.3. The van der Waals surface area contributed by atoms with Crippen molar-refractivity contribution in [2.75, 3.05) is 13.2 Å². The Balaban J connectivity index is 1.90. The Bertz CT molecular complexity index is 545. The lowest BCUT2D eigenvalue weighted by atomic mass is 9.95. The van der Waals surface area contributed by atoms with Crippen LogP contribution >= 0.6 is 0 Å². The van der Waals surface area contributed by atoms with Gasteiger partial charge in [-0.1, -0.05) is 130 Å². The van der Waals surface area contributed by atoms with Gasteiger partial charge in [-0.05, 0) is 50.4 Å². The van der Waals surface area contributed by atoms with Gasteiger partial charge in [-0.15, -0.1) is 0 Å². The van der Waals surface area contributed by atoms with Crippen LogP contribution in [0.25, 0.3) is 0 Å². The highest BCUT2D eigenvalue weighted by Gasteiger charge is 2.27. The maximum Gasteiger partial charge on any atom is 0.508 e. The van der Waals surface area contributed by atoms with Crippen molar-refractivity contribution in [1.29, 1.82) is 0 Å². The molecule has 6 nitrogen and oxygen atoms in total. The minimum atomic E-state index is -0.569. The van der Waals surface area contributed by atoms with Crippen LogP contribution in [-0.2, 0) is 18.9 Å². The number of ether oxygens (including phenoxy) is 4. The molecule has 0 N–H and O–H groups in total. The van der Waals surface area contributed by atoms with Gasteiger partial charge in [-0.3, -0.25) is 0 Å². The maximum absolute atomic E-state index is 12.0. The summed E-state index contributed by atoms with van der Waals surface area (Å²) >= 11 is 0. The van der Waals surface area contributed by atoms with Crippen LogP contribution in [-0.4, -0.2) is 37.7 Å². The Kier molecular flexibility index (Phi) is 23.1. The minimum Gasteiger partial charge on any atom is -0.434 e. The molecule has 0 unspecified atom stereocenters. The van der Waals surface area contributed by atoms with E-state index in [9.17, 15) is 9.59 Å². The van der Waals surface area contributed by atoms with Gasteiger partial charge >= 0.3 is 12.3 Å². The molecule has 0 bridgehead atoms. The van der Waals surface area contributed by atoms with Crippen molar-refractivity contribution < 1.29 is 28.5 Å². The average Bonchev–Trinajstić information content (AvgIpc) is 2.91. The fourth-order valence-electron chi connectivity index (χ4n) is 5.35. The van der Waals surface area contributed by atoms with E-state index in [0.29, 0.717) is 38.9 Å². The molecule has 6 heteroatoms. The fourth-order valence-corrected chi connectivity index (χ4v) is 5.35. The van der Waals surface area contributed by atoms with Gasteiger partial charge in [0.25, 0.3) is 0 Å². The van der Waals surface area contributed by atoms with Gasteiger partial charge in [0.15, 0.2) is 0 Å². The fraction of sp³-hybridized carbons (Fsp3) is 0.941. The van der Waals surface area contributed by atoms with Gasteiger partial charge in [0.05, 0.1) is 13.2 Å². The van der Waals surface area contributed by atoms with E-state index in [4.69, 9.17) is 18.9 Å². The first kappa shape index (κ1) is 36.6.